The van der Waals surface area contributed by atoms with Gasteiger partial charge >= 0.3 is 0 Å². The Kier molecular flexibility index (Phi) is 26.0. The molecule has 1 aliphatic carbocycles. The van der Waals surface area contributed by atoms with Crippen LogP contribution in [0.5, 0.6) is 46.0 Å². The number of fused-ring (bicyclic) bond motifs is 16. The minimum Gasteiger partial charge on any atom is -0.496 e. The van der Waals surface area contributed by atoms with Crippen molar-refractivity contribution in [3.05, 3.63) is 222 Å². The molecule has 90 heavy (non-hydrogen) atoms. The smallest absolute Gasteiger partial charge is 0.125 e. The second kappa shape index (κ2) is 33.3. The lowest BCUT2D eigenvalue weighted by atomic mass is 9.91. The molecule has 0 atom stereocenters. The summed E-state index contributed by atoms with van der Waals surface area (Å²) in [5.41, 5.74) is 15.8. The molecule has 0 radical (unpaired) electrons. The molecule has 0 unspecified atom stereocenters. The number of hydrogen-bond donors (Lipinski definition) is 0. The molecule has 2 heterocycles. The monoisotopic (exact) mass is 1730 g/mol. The number of rotatable bonds is 8. The van der Waals surface area contributed by atoms with E-state index in [1.807, 2.05) is 0 Å². The summed E-state index contributed by atoms with van der Waals surface area (Å²) in [4.78, 5) is 0. The Morgan fingerprint density at radius 2 is 0.300 bits per heavy atom. The Morgan fingerprint density at radius 1 is 0.200 bits per heavy atom. The molecule has 0 saturated carbocycles. The van der Waals surface area contributed by atoms with Gasteiger partial charge in [-0.15, -0.1) is 0 Å². The lowest BCUT2D eigenvalue weighted by Gasteiger charge is -2.22. The Hall–Kier alpha value is -4.08. The summed E-state index contributed by atoms with van der Waals surface area (Å²) in [6, 6.07) is 34.0. The van der Waals surface area contributed by atoms with Crippen LogP contribution in [0.3, 0.4) is 0 Å². The minimum atomic E-state index is 0.517. The second-order valence-corrected chi connectivity index (χ2v) is 29.4. The van der Waals surface area contributed by atoms with E-state index in [0.29, 0.717) is 51.4 Å². The van der Waals surface area contributed by atoms with Gasteiger partial charge in [-0.25, -0.2) is 0 Å². The first-order valence-corrected chi connectivity index (χ1v) is 35.8. The van der Waals surface area contributed by atoms with Crippen molar-refractivity contribution in [1.82, 2.24) is 0 Å². The lowest BCUT2D eigenvalue weighted by Crippen LogP contribution is -2.07. The summed E-state index contributed by atoms with van der Waals surface area (Å²) < 4.78 is 68.1. The fraction of sp³-hybridized carbons (Fsp3) is 0.333. The first kappa shape index (κ1) is 70.2. The van der Waals surface area contributed by atoms with Crippen molar-refractivity contribution in [2.24, 2.45) is 0 Å². The third-order valence-electron chi connectivity index (χ3n) is 16.0. The van der Waals surface area contributed by atoms with Crippen LogP contribution in [0.25, 0.3) is 0 Å². The van der Waals surface area contributed by atoms with Crippen LogP contribution in [0, 0.1) is 0 Å². The SMILES string of the molecule is C1CCOC1.C1CCOC1.COc1c2cc(Br)cc1Cc1cc(Br)cc(c1OC)Cc1cc(Br)cc(c1OC)Cc1cc(Br)cc(c1OC)Cc1cc(Br)cc(c1OC)Cc1cc(Br)cc(c1OC)Cc1cc(Br)cc(c1OC)Cc1cc(Br)cc(c1OC)C2. The maximum atomic E-state index is 6.36. The van der Waals surface area contributed by atoms with E-state index in [1.165, 1.54) is 25.7 Å². The summed E-state index contributed by atoms with van der Waals surface area (Å²) in [6.07, 6.45) is 9.25. The lowest BCUT2D eigenvalue weighted by molar-refractivity contribution is 0.198. The second-order valence-electron chi connectivity index (χ2n) is 22.1. The molecule has 0 amide bonds. The molecule has 8 aromatic rings. The van der Waals surface area contributed by atoms with Gasteiger partial charge in [-0.3, -0.25) is 0 Å². The average Bonchev–Trinajstić information content (AvgIpc) is 0.879. The molecule has 2 fully saturated rings. The number of ether oxygens (including phenoxy) is 10. The van der Waals surface area contributed by atoms with Crippen molar-refractivity contribution in [2.45, 2.75) is 77.0 Å². The van der Waals surface area contributed by atoms with E-state index in [9.17, 15) is 0 Å². The van der Waals surface area contributed by atoms with Gasteiger partial charge in [0.2, 0.25) is 0 Å². The van der Waals surface area contributed by atoms with Gasteiger partial charge < -0.3 is 47.4 Å². The maximum Gasteiger partial charge on any atom is 0.125 e. The molecule has 3 aliphatic rings. The van der Waals surface area contributed by atoms with Gasteiger partial charge in [0.05, 0.1) is 56.9 Å². The highest BCUT2D eigenvalue weighted by atomic mass is 79.9. The van der Waals surface area contributed by atoms with Crippen molar-refractivity contribution in [1.29, 1.82) is 0 Å². The molecule has 0 aromatic heterocycles. The van der Waals surface area contributed by atoms with Gasteiger partial charge in [0.25, 0.3) is 0 Å². The molecule has 0 spiro atoms. The van der Waals surface area contributed by atoms with Gasteiger partial charge in [0, 0.05) is 203 Å². The van der Waals surface area contributed by atoms with Gasteiger partial charge in [0.15, 0.2) is 0 Å². The van der Waals surface area contributed by atoms with Gasteiger partial charge in [-0.2, -0.15) is 0 Å². The Labute approximate surface area is 597 Å². The van der Waals surface area contributed by atoms with Crippen LogP contribution in [0.1, 0.15) is 115 Å². The number of halogens is 8. The molecule has 18 heteroatoms. The van der Waals surface area contributed by atoms with E-state index in [4.69, 9.17) is 47.4 Å². The molecular formula is C72H72Br8O10. The van der Waals surface area contributed by atoms with E-state index in [0.717, 1.165) is 197 Å². The molecule has 476 valence electrons. The molecule has 10 nitrogen and oxygen atoms in total. The summed E-state index contributed by atoms with van der Waals surface area (Å²) in [6.45, 7) is 4.00. The zero-order valence-corrected chi connectivity index (χ0v) is 64.3. The molecule has 0 N–H and O–H groups in total. The highest BCUT2D eigenvalue weighted by Gasteiger charge is 2.26. The summed E-state index contributed by atoms with van der Waals surface area (Å²) in [5, 5.41) is 0. The Balaban J connectivity index is 0.000000874. The van der Waals surface area contributed by atoms with E-state index in [-0.39, 0.29) is 0 Å². The fourth-order valence-corrected chi connectivity index (χ4v) is 17.0. The predicted octanol–water partition coefficient (Wildman–Crippen LogP) is 20.5. The van der Waals surface area contributed by atoms with Crippen LogP contribution < -0.4 is 37.9 Å². The highest BCUT2D eigenvalue weighted by molar-refractivity contribution is 9.11. The molecule has 2 saturated heterocycles. The van der Waals surface area contributed by atoms with E-state index >= 15 is 0 Å². The molecule has 16 bridgehead atoms. The largest absolute Gasteiger partial charge is 0.496 e. The third kappa shape index (κ3) is 17.4. The van der Waals surface area contributed by atoms with Crippen molar-refractivity contribution < 1.29 is 47.4 Å². The third-order valence-corrected chi connectivity index (χ3v) is 19.7. The maximum absolute atomic E-state index is 6.36. The van der Waals surface area contributed by atoms with Crippen molar-refractivity contribution >= 4 is 127 Å². The van der Waals surface area contributed by atoms with Crippen LogP contribution in [-0.4, -0.2) is 83.3 Å². The molecule has 8 aromatic carbocycles. The fourth-order valence-electron chi connectivity index (χ4n) is 12.6. The van der Waals surface area contributed by atoms with Crippen molar-refractivity contribution in [3.63, 3.8) is 0 Å². The summed E-state index contributed by atoms with van der Waals surface area (Å²) in [5.74, 6) is 6.22. The van der Waals surface area contributed by atoms with Crippen LogP contribution in [0.15, 0.2) is 133 Å². The zero-order valence-electron chi connectivity index (χ0n) is 51.7. The van der Waals surface area contributed by atoms with E-state index in [1.54, 1.807) is 56.9 Å². The quantitative estimate of drug-likeness (QED) is 0.146. The first-order chi connectivity index (χ1) is 43.5. The molecular weight excluding hydrogens is 1660 g/mol. The summed E-state index contributed by atoms with van der Waals surface area (Å²) in [7, 11) is 13.9. The van der Waals surface area contributed by atoms with Gasteiger partial charge in [0.1, 0.15) is 46.0 Å². The first-order valence-electron chi connectivity index (χ1n) is 29.5. The number of methoxy groups -OCH3 is 8. The number of benzene rings is 8. The Morgan fingerprint density at radius 3 is 0.367 bits per heavy atom. The van der Waals surface area contributed by atoms with Gasteiger partial charge in [-0.05, 0) is 123 Å². The van der Waals surface area contributed by atoms with E-state index in [2.05, 4.69) is 225 Å². The highest BCUT2D eigenvalue weighted by Crippen LogP contribution is 2.45. The van der Waals surface area contributed by atoms with E-state index < -0.39 is 0 Å². The minimum absolute atomic E-state index is 0.517. The molecule has 11 rings (SSSR count). The van der Waals surface area contributed by atoms with Crippen LogP contribution in [-0.2, 0) is 60.8 Å². The van der Waals surface area contributed by atoms with Gasteiger partial charge in [-0.1, -0.05) is 127 Å². The average molecular weight is 1740 g/mol. The van der Waals surface area contributed by atoms with Crippen LogP contribution in [0.2, 0.25) is 0 Å². The standard InChI is InChI=1S/C64H56Br8O8.2C4H8O/c1-73-57-33-9-35-19-50(66)21-37(58(35)74-2)11-39-23-52(68)25-41(60(39)76-4)13-43-27-54(70)29-45(62(43)78-6)15-47-31-56(72)32-48(64(47)80-8)16-46-30-55(71)28-44(63(46)79-7)14-42-26-53(69)24-40(61(42)77-5)12-38-22-51(67)20-36(59(38)75-3)10-34(57)18-49(65)17-33;2*1-2-4-5-3-1/h17-32H,9-16H2,1-8H3;2*1-4H2. The van der Waals surface area contributed by atoms with Crippen LogP contribution >= 0.6 is 127 Å². The normalized spacial score (nSPS) is 13.9. The topological polar surface area (TPSA) is 92.3 Å². The number of hydrogen-bond acceptors (Lipinski definition) is 10. The van der Waals surface area contributed by atoms with Crippen molar-refractivity contribution in [2.75, 3.05) is 83.3 Å². The zero-order chi connectivity index (χ0) is 64.2. The molecule has 2 aliphatic heterocycles. The van der Waals surface area contributed by atoms with Crippen molar-refractivity contribution in [3.8, 4) is 46.0 Å². The van der Waals surface area contributed by atoms with Crippen LogP contribution in [0.4, 0.5) is 0 Å². The Bertz CT molecular complexity index is 2940. The predicted molar refractivity (Wildman–Crippen MR) is 388 cm³/mol. The summed E-state index contributed by atoms with van der Waals surface area (Å²) >= 11 is 31.1.